The maximum Gasteiger partial charge on any atom is 0.306 e. The number of carboxylic acid groups (broad SMARTS) is 1. The third-order valence-electron chi connectivity index (χ3n) is 9.15. The number of carbonyl (C=O) groups excluding carboxylic acids is 3. The molecule has 0 unspecified atom stereocenters. The quantitative estimate of drug-likeness (QED) is 0.273. The number of Topliss-reactive ketones (excluding diaryl/α,β-unsaturated/α-hetero) is 1. The Bertz CT molecular complexity index is 1440. The van der Waals surface area contributed by atoms with Crippen molar-refractivity contribution in [3.05, 3.63) is 53.0 Å². The second-order valence-corrected chi connectivity index (χ2v) is 13.0. The lowest BCUT2D eigenvalue weighted by molar-refractivity contribution is -0.142. The van der Waals surface area contributed by atoms with Crippen molar-refractivity contribution in [1.29, 1.82) is 0 Å². The number of carboxylic acids is 1. The minimum atomic E-state index is -0.739. The number of carbonyl (C=O) groups is 4. The van der Waals surface area contributed by atoms with Gasteiger partial charge in [-0.2, -0.15) is 0 Å². The Morgan fingerprint density at radius 3 is 2.36 bits per heavy atom. The van der Waals surface area contributed by atoms with E-state index in [1.165, 1.54) is 0 Å². The van der Waals surface area contributed by atoms with Crippen LogP contribution in [0.25, 0.3) is 10.2 Å². The summed E-state index contributed by atoms with van der Waals surface area (Å²) in [6.45, 7) is 4.61. The molecule has 3 aromatic rings. The van der Waals surface area contributed by atoms with Gasteiger partial charge in [-0.1, -0.05) is 12.1 Å². The second-order valence-electron chi connectivity index (χ2n) is 12.0. The maximum absolute atomic E-state index is 13.6. The van der Waals surface area contributed by atoms with Gasteiger partial charge in [-0.05, 0) is 106 Å². The van der Waals surface area contributed by atoms with Crippen LogP contribution in [-0.4, -0.2) is 45.8 Å². The Balaban J connectivity index is 1.18. The average molecular weight is 592 g/mol. The molecule has 2 aliphatic carbocycles. The van der Waals surface area contributed by atoms with Gasteiger partial charge in [-0.3, -0.25) is 19.2 Å². The largest absolute Gasteiger partial charge is 0.481 e. The van der Waals surface area contributed by atoms with Gasteiger partial charge >= 0.3 is 5.97 Å². The lowest BCUT2D eigenvalue weighted by atomic mass is 9.79. The summed E-state index contributed by atoms with van der Waals surface area (Å²) < 4.78 is 2.88. The molecule has 1 aromatic carbocycles. The number of likely N-dealkylation sites (N-methyl/N-ethyl adjacent to an activating group) is 1. The first-order valence-electron chi connectivity index (χ1n) is 15.2. The van der Waals surface area contributed by atoms with Crippen LogP contribution in [0.5, 0.6) is 0 Å². The van der Waals surface area contributed by atoms with Gasteiger partial charge in [0.25, 0.3) is 0 Å². The Labute approximate surface area is 251 Å². The number of fused-ring (bicyclic) bond motifs is 1. The van der Waals surface area contributed by atoms with Gasteiger partial charge in [0.15, 0.2) is 5.78 Å². The van der Waals surface area contributed by atoms with Gasteiger partial charge in [0.2, 0.25) is 11.8 Å². The number of amides is 2. The zero-order valence-corrected chi connectivity index (χ0v) is 25.3. The lowest BCUT2D eigenvalue weighted by Crippen LogP contribution is -2.42. The van der Waals surface area contributed by atoms with Gasteiger partial charge in [0.05, 0.1) is 21.8 Å². The molecule has 0 atom stereocenters. The number of aromatic nitrogens is 1. The van der Waals surface area contributed by atoms with Crippen LogP contribution in [0, 0.1) is 24.7 Å². The van der Waals surface area contributed by atoms with E-state index in [4.69, 9.17) is 0 Å². The molecule has 2 aromatic heterocycles. The molecule has 2 amide bonds. The summed E-state index contributed by atoms with van der Waals surface area (Å²) in [5.41, 5.74) is 3.45. The highest BCUT2D eigenvalue weighted by atomic mass is 32.1. The predicted molar refractivity (Wildman–Crippen MR) is 165 cm³/mol. The number of nitrogens with zero attached hydrogens (tertiary/aromatic N) is 2. The smallest absolute Gasteiger partial charge is 0.306 e. The monoisotopic (exact) mass is 591 g/mol. The van der Waals surface area contributed by atoms with Crippen LogP contribution in [0.3, 0.4) is 0 Å². The number of nitrogens with one attached hydrogen (secondary N) is 1. The topological polar surface area (TPSA) is 109 Å². The van der Waals surface area contributed by atoms with Crippen molar-refractivity contribution in [2.45, 2.75) is 84.2 Å². The molecule has 2 heterocycles. The van der Waals surface area contributed by atoms with E-state index in [0.29, 0.717) is 44.3 Å². The van der Waals surface area contributed by atoms with E-state index in [0.717, 1.165) is 47.2 Å². The van der Waals surface area contributed by atoms with Gasteiger partial charge in [-0.15, -0.1) is 11.3 Å². The van der Waals surface area contributed by atoms with Gasteiger partial charge in [-0.25, -0.2) is 0 Å². The fourth-order valence-corrected chi connectivity index (χ4v) is 7.52. The van der Waals surface area contributed by atoms with Crippen molar-refractivity contribution in [2.24, 2.45) is 17.8 Å². The van der Waals surface area contributed by atoms with E-state index in [1.807, 2.05) is 60.2 Å². The van der Waals surface area contributed by atoms with Crippen molar-refractivity contribution in [1.82, 2.24) is 9.88 Å². The number of anilines is 1. The lowest BCUT2D eigenvalue weighted by Gasteiger charge is -2.31. The summed E-state index contributed by atoms with van der Waals surface area (Å²) in [6.07, 6.45) is 6.22. The minimum Gasteiger partial charge on any atom is -0.481 e. The Morgan fingerprint density at radius 1 is 0.976 bits per heavy atom. The fourth-order valence-electron chi connectivity index (χ4n) is 6.70. The van der Waals surface area contributed by atoms with E-state index >= 15 is 0 Å². The molecule has 9 heteroatoms. The molecule has 0 spiro atoms. The van der Waals surface area contributed by atoms with Crippen molar-refractivity contribution < 1.29 is 24.3 Å². The average Bonchev–Trinajstić information content (AvgIpc) is 3.57. The number of rotatable bonds is 10. The SMILES string of the molecule is CCN(C(=O)Cn1c(C(=O)CC2CCC(C(=O)NC3CCC(C(=O)O)CC3)CC2)cc2sccc21)c1cccc(C)c1. The van der Waals surface area contributed by atoms with E-state index < -0.39 is 5.97 Å². The molecule has 2 saturated carbocycles. The van der Waals surface area contributed by atoms with Crippen LogP contribution >= 0.6 is 11.3 Å². The molecule has 0 saturated heterocycles. The number of aliphatic carboxylic acids is 1. The van der Waals surface area contributed by atoms with Gasteiger partial charge < -0.3 is 19.9 Å². The van der Waals surface area contributed by atoms with Crippen molar-refractivity contribution in [3.8, 4) is 0 Å². The van der Waals surface area contributed by atoms with Crippen LogP contribution in [0.1, 0.15) is 80.8 Å². The van der Waals surface area contributed by atoms with E-state index in [9.17, 15) is 24.3 Å². The number of hydrogen-bond donors (Lipinski definition) is 2. The number of aryl methyl sites for hydroxylation is 1. The Morgan fingerprint density at radius 2 is 1.69 bits per heavy atom. The van der Waals surface area contributed by atoms with E-state index in [2.05, 4.69) is 5.32 Å². The number of thiophene rings is 1. The van der Waals surface area contributed by atoms with E-state index in [-0.39, 0.29) is 47.9 Å². The third-order valence-corrected chi connectivity index (χ3v) is 10.00. The first kappa shape index (κ1) is 30.0. The molecule has 0 radical (unpaired) electrons. The van der Waals surface area contributed by atoms with Gasteiger partial charge in [0.1, 0.15) is 6.54 Å². The van der Waals surface area contributed by atoms with Crippen molar-refractivity contribution >= 4 is 50.8 Å². The first-order chi connectivity index (χ1) is 20.2. The molecule has 2 aliphatic rings. The summed E-state index contributed by atoms with van der Waals surface area (Å²) in [5.74, 6) is -0.806. The summed E-state index contributed by atoms with van der Waals surface area (Å²) >= 11 is 1.57. The zero-order chi connectivity index (χ0) is 29.8. The minimum absolute atomic E-state index is 0.0490. The predicted octanol–water partition coefficient (Wildman–Crippen LogP) is 6.20. The van der Waals surface area contributed by atoms with Gasteiger partial charge in [0, 0.05) is 30.6 Å². The van der Waals surface area contributed by atoms with Crippen molar-refractivity contribution in [2.75, 3.05) is 11.4 Å². The molecule has 2 N–H and O–H groups in total. The molecule has 2 fully saturated rings. The summed E-state index contributed by atoms with van der Waals surface area (Å²) in [6, 6.07) is 11.9. The third kappa shape index (κ3) is 6.77. The molecule has 224 valence electrons. The number of hydrogen-bond acceptors (Lipinski definition) is 5. The molecule has 5 rings (SSSR count). The fraction of sp³-hybridized carbons (Fsp3) is 0.515. The molecule has 0 aliphatic heterocycles. The highest BCUT2D eigenvalue weighted by molar-refractivity contribution is 7.17. The highest BCUT2D eigenvalue weighted by Crippen LogP contribution is 2.34. The van der Waals surface area contributed by atoms with Crippen LogP contribution in [0.15, 0.2) is 41.8 Å². The molecular formula is C33H41N3O5S. The Hall–Kier alpha value is -3.46. The maximum atomic E-state index is 13.6. The van der Waals surface area contributed by atoms with E-state index in [1.54, 1.807) is 16.2 Å². The van der Waals surface area contributed by atoms with Crippen LogP contribution in [0.2, 0.25) is 0 Å². The zero-order valence-electron chi connectivity index (χ0n) is 24.5. The normalized spacial score (nSPS) is 22.5. The summed E-state index contributed by atoms with van der Waals surface area (Å²) in [5, 5.41) is 14.4. The summed E-state index contributed by atoms with van der Waals surface area (Å²) in [4.78, 5) is 53.0. The highest BCUT2D eigenvalue weighted by Gasteiger charge is 2.32. The molecule has 0 bridgehead atoms. The first-order valence-corrected chi connectivity index (χ1v) is 16.1. The van der Waals surface area contributed by atoms with Crippen molar-refractivity contribution in [3.63, 3.8) is 0 Å². The number of ketones is 1. The van der Waals surface area contributed by atoms with Crippen LogP contribution in [0.4, 0.5) is 5.69 Å². The summed E-state index contributed by atoms with van der Waals surface area (Å²) in [7, 11) is 0. The van der Waals surface area contributed by atoms with Crippen LogP contribution in [-0.2, 0) is 20.9 Å². The molecule has 8 nitrogen and oxygen atoms in total. The standard InChI is InChI=1S/C33H41N3O5S/c1-3-35(26-6-4-5-21(2)17-26)31(38)20-36-27-15-16-42-30(27)19-28(36)29(37)18-22-7-9-23(10-8-22)32(39)34-25-13-11-24(12-14-25)33(40)41/h4-6,15-17,19,22-25H,3,7-14,18,20H2,1-2H3,(H,34,39)(H,40,41). The van der Waals surface area contributed by atoms with Crippen LogP contribution < -0.4 is 10.2 Å². The second kappa shape index (κ2) is 13.2. The Kier molecular flexibility index (Phi) is 9.46. The molecular weight excluding hydrogens is 550 g/mol. The molecule has 42 heavy (non-hydrogen) atoms. The number of benzene rings is 1.